The van der Waals surface area contributed by atoms with Gasteiger partial charge in [0.15, 0.2) is 6.61 Å². The fourth-order valence-electron chi connectivity index (χ4n) is 3.35. The normalized spacial score (nSPS) is 20.3. The molecule has 1 N–H and O–H groups in total. The third-order valence-corrected chi connectivity index (χ3v) is 7.12. The number of nitrogens with zero attached hydrogens (tertiary/aromatic N) is 2. The van der Waals surface area contributed by atoms with E-state index in [2.05, 4.69) is 5.32 Å². The maximum absolute atomic E-state index is 12.9. The number of hydrogen-bond donors (Lipinski definition) is 1. The number of carbonyl (C=O) groups excluding carboxylic acids is 3. The monoisotopic (exact) mass is 439 g/mol. The Morgan fingerprint density at radius 3 is 2.60 bits per heavy atom. The molecule has 30 heavy (non-hydrogen) atoms. The number of sulfonamides is 1. The van der Waals surface area contributed by atoms with E-state index in [0.29, 0.717) is 18.8 Å². The number of hydrogen-bond acceptors (Lipinski definition) is 7. The summed E-state index contributed by atoms with van der Waals surface area (Å²) in [6, 6.07) is 4.58. The molecule has 164 valence electrons. The molecule has 2 fully saturated rings. The highest BCUT2D eigenvalue weighted by molar-refractivity contribution is 7.89. The van der Waals surface area contributed by atoms with Crippen molar-refractivity contribution in [1.29, 1.82) is 0 Å². The maximum Gasteiger partial charge on any atom is 0.311 e. The van der Waals surface area contributed by atoms with Gasteiger partial charge in [-0.3, -0.25) is 14.4 Å². The Morgan fingerprint density at radius 1 is 1.27 bits per heavy atom. The number of ether oxygens (including phenoxy) is 2. The molecule has 1 aromatic rings. The molecule has 0 radical (unpaired) electrons. The Hall–Kier alpha value is -2.50. The average Bonchev–Trinajstić information content (AvgIpc) is 3.06. The van der Waals surface area contributed by atoms with Crippen LogP contribution >= 0.6 is 0 Å². The van der Waals surface area contributed by atoms with Crippen molar-refractivity contribution in [1.82, 2.24) is 9.21 Å². The summed E-state index contributed by atoms with van der Waals surface area (Å²) in [5, 5.41) is 2.55. The van der Waals surface area contributed by atoms with Crippen LogP contribution in [0, 0.1) is 12.8 Å². The van der Waals surface area contributed by atoms with Gasteiger partial charge in [0.25, 0.3) is 5.91 Å². The Kier molecular flexibility index (Phi) is 6.74. The summed E-state index contributed by atoms with van der Waals surface area (Å²) in [7, 11) is -2.12. The van der Waals surface area contributed by atoms with Crippen molar-refractivity contribution in [2.45, 2.75) is 18.2 Å². The van der Waals surface area contributed by atoms with Gasteiger partial charge in [-0.15, -0.1) is 0 Å². The van der Waals surface area contributed by atoms with Crippen molar-refractivity contribution >= 4 is 33.5 Å². The van der Waals surface area contributed by atoms with Crippen molar-refractivity contribution in [3.05, 3.63) is 23.8 Å². The second-order valence-corrected chi connectivity index (χ2v) is 9.23. The second-order valence-electron chi connectivity index (χ2n) is 7.33. The van der Waals surface area contributed by atoms with E-state index in [4.69, 9.17) is 9.47 Å². The van der Waals surface area contributed by atoms with Crippen LogP contribution in [0.4, 0.5) is 5.69 Å². The number of likely N-dealkylation sites (tertiary alicyclic amines) is 1. The van der Waals surface area contributed by atoms with Gasteiger partial charge in [-0.2, -0.15) is 4.31 Å². The minimum atomic E-state index is -3.72. The predicted octanol–water partition coefficient (Wildman–Crippen LogP) is -0.0241. The number of nitrogens with one attached hydrogen (secondary N) is 1. The largest absolute Gasteiger partial charge is 0.455 e. The average molecular weight is 439 g/mol. The lowest BCUT2D eigenvalue weighted by atomic mass is 10.1. The molecule has 0 aromatic heterocycles. The summed E-state index contributed by atoms with van der Waals surface area (Å²) in [4.78, 5) is 37.2. The molecule has 0 bridgehead atoms. The minimum Gasteiger partial charge on any atom is -0.455 e. The van der Waals surface area contributed by atoms with E-state index in [1.54, 1.807) is 26.1 Å². The highest BCUT2D eigenvalue weighted by Crippen LogP contribution is 2.24. The fourth-order valence-corrected chi connectivity index (χ4v) is 5.01. The fraction of sp³-hybridized carbons (Fsp3) is 0.526. The molecule has 0 spiro atoms. The van der Waals surface area contributed by atoms with Crippen molar-refractivity contribution in [2.24, 2.45) is 5.92 Å². The molecule has 2 heterocycles. The Balaban J connectivity index is 1.61. The Morgan fingerprint density at radius 2 is 1.97 bits per heavy atom. The zero-order valence-corrected chi connectivity index (χ0v) is 17.7. The van der Waals surface area contributed by atoms with Crippen molar-refractivity contribution in [3.63, 3.8) is 0 Å². The molecule has 0 unspecified atom stereocenters. The first-order valence-electron chi connectivity index (χ1n) is 9.57. The molecule has 1 atom stereocenters. The van der Waals surface area contributed by atoms with Gasteiger partial charge in [-0.05, 0) is 24.6 Å². The summed E-state index contributed by atoms with van der Waals surface area (Å²) >= 11 is 0. The molecule has 0 aliphatic carbocycles. The lowest BCUT2D eigenvalue weighted by Crippen LogP contribution is -2.40. The first-order chi connectivity index (χ1) is 14.2. The number of morpholine rings is 1. The van der Waals surface area contributed by atoms with E-state index in [1.807, 2.05) is 0 Å². The van der Waals surface area contributed by atoms with E-state index in [9.17, 15) is 22.8 Å². The van der Waals surface area contributed by atoms with E-state index in [0.717, 1.165) is 0 Å². The third kappa shape index (κ3) is 4.97. The molecule has 2 amide bonds. The topological polar surface area (TPSA) is 122 Å². The number of rotatable bonds is 6. The number of carbonyl (C=O) groups is 3. The standard InChI is InChI=1S/C19H25N3O7S/c1-13-3-4-15(10-16(13)30(26,27)22-5-7-28-8-6-22)20-17(23)12-29-19(25)14-9-18(24)21(2)11-14/h3-4,10,14H,5-9,11-12H2,1-2H3,(H,20,23)/t14-/m0/s1. The molecule has 2 aliphatic heterocycles. The van der Waals surface area contributed by atoms with E-state index in [1.165, 1.54) is 15.3 Å². The summed E-state index contributed by atoms with van der Waals surface area (Å²) in [6.45, 7) is 2.64. The number of aryl methyl sites for hydroxylation is 1. The molecular formula is C19H25N3O7S. The van der Waals surface area contributed by atoms with Crippen molar-refractivity contribution < 1.29 is 32.3 Å². The number of esters is 1. The van der Waals surface area contributed by atoms with E-state index >= 15 is 0 Å². The zero-order valence-electron chi connectivity index (χ0n) is 16.9. The van der Waals surface area contributed by atoms with E-state index in [-0.39, 0.29) is 42.5 Å². The van der Waals surface area contributed by atoms with Gasteiger partial charge in [0.1, 0.15) is 0 Å². The summed E-state index contributed by atoms with van der Waals surface area (Å²) in [5.41, 5.74) is 0.838. The van der Waals surface area contributed by atoms with Crippen molar-refractivity contribution in [3.8, 4) is 0 Å². The highest BCUT2D eigenvalue weighted by atomic mass is 32.2. The number of anilines is 1. The van der Waals surface area contributed by atoms with Crippen LogP contribution in [0.25, 0.3) is 0 Å². The maximum atomic E-state index is 12.9. The number of benzene rings is 1. The second kappa shape index (κ2) is 9.11. The van der Waals surface area contributed by atoms with Crippen LogP contribution in [0.2, 0.25) is 0 Å². The molecule has 11 heteroatoms. The zero-order chi connectivity index (χ0) is 21.9. The van der Waals surface area contributed by atoms with Gasteiger partial charge < -0.3 is 19.7 Å². The number of amides is 2. The van der Waals surface area contributed by atoms with Gasteiger partial charge in [0, 0.05) is 38.8 Å². The van der Waals surface area contributed by atoms with E-state index < -0.39 is 34.4 Å². The Labute approximate surface area is 175 Å². The van der Waals surface area contributed by atoms with Gasteiger partial charge in [0.05, 0.1) is 24.0 Å². The van der Waals surface area contributed by atoms with Crippen LogP contribution in [0.5, 0.6) is 0 Å². The van der Waals surface area contributed by atoms with Crippen LogP contribution in [-0.4, -0.2) is 81.9 Å². The first-order valence-corrected chi connectivity index (χ1v) is 11.0. The molecule has 0 saturated carbocycles. The quantitative estimate of drug-likeness (QED) is 0.618. The summed E-state index contributed by atoms with van der Waals surface area (Å²) in [5.74, 6) is -1.93. The SMILES string of the molecule is Cc1ccc(NC(=O)COC(=O)[C@H]2CC(=O)N(C)C2)cc1S(=O)(=O)N1CCOCC1. The van der Waals surface area contributed by atoms with Crippen LogP contribution in [0.15, 0.2) is 23.1 Å². The molecule has 1 aromatic carbocycles. The first kappa shape index (κ1) is 22.2. The van der Waals surface area contributed by atoms with Crippen LogP contribution < -0.4 is 5.32 Å². The predicted molar refractivity (Wildman–Crippen MR) is 106 cm³/mol. The van der Waals surface area contributed by atoms with Gasteiger partial charge in [-0.25, -0.2) is 8.42 Å². The lowest BCUT2D eigenvalue weighted by molar-refractivity contribution is -0.151. The third-order valence-electron chi connectivity index (χ3n) is 5.08. The minimum absolute atomic E-state index is 0.0671. The molecule has 3 rings (SSSR count). The molecule has 2 aliphatic rings. The smallest absolute Gasteiger partial charge is 0.311 e. The van der Waals surface area contributed by atoms with Gasteiger partial charge >= 0.3 is 5.97 Å². The highest BCUT2D eigenvalue weighted by Gasteiger charge is 2.33. The van der Waals surface area contributed by atoms with Crippen molar-refractivity contribution in [2.75, 3.05) is 51.8 Å². The summed E-state index contributed by atoms with van der Waals surface area (Å²) < 4.78 is 37.4. The molecular weight excluding hydrogens is 414 g/mol. The van der Waals surface area contributed by atoms with Crippen LogP contribution in [0.1, 0.15) is 12.0 Å². The Bertz CT molecular complexity index is 941. The lowest BCUT2D eigenvalue weighted by Gasteiger charge is -2.26. The molecule has 10 nitrogen and oxygen atoms in total. The summed E-state index contributed by atoms with van der Waals surface area (Å²) in [6.07, 6.45) is 0.0671. The van der Waals surface area contributed by atoms with Gasteiger partial charge in [-0.1, -0.05) is 6.07 Å². The van der Waals surface area contributed by atoms with Crippen LogP contribution in [-0.2, 0) is 33.9 Å². The molecule has 2 saturated heterocycles. The van der Waals surface area contributed by atoms with Crippen LogP contribution in [0.3, 0.4) is 0 Å². The van der Waals surface area contributed by atoms with Gasteiger partial charge in [0.2, 0.25) is 15.9 Å².